The SMILES string of the molecule is COc1ccc(C(OCC(COc2ncnc3c2sc2nc(C)cc(C)c23)OP(OCCC#N)N(C(C)C)C(C)C)(c2ccccc2)c2ccc(OC)cc2)cc1. The fraction of sp³-hybridized carbons (Fsp3) is 0.364. The quantitative estimate of drug-likeness (QED) is 0.0442. The Labute approximate surface area is 340 Å². The van der Waals surface area contributed by atoms with Crippen LogP contribution in [0.1, 0.15) is 62.1 Å². The third-order valence-electron chi connectivity index (χ3n) is 9.48. The van der Waals surface area contributed by atoms with Gasteiger partial charge in [0.2, 0.25) is 5.88 Å². The van der Waals surface area contributed by atoms with E-state index in [1.165, 1.54) is 17.7 Å². The summed E-state index contributed by atoms with van der Waals surface area (Å²) in [7, 11) is 1.64. The smallest absolute Gasteiger partial charge is 0.259 e. The molecule has 3 aromatic carbocycles. The molecule has 2 unspecified atom stereocenters. The van der Waals surface area contributed by atoms with Crippen LogP contribution < -0.4 is 14.2 Å². The van der Waals surface area contributed by atoms with Crippen molar-refractivity contribution >= 4 is 40.3 Å². The van der Waals surface area contributed by atoms with Crippen molar-refractivity contribution in [1.29, 1.82) is 5.26 Å². The first kappa shape index (κ1) is 41.9. The molecule has 6 rings (SSSR count). The number of pyridine rings is 1. The molecular weight excluding hydrogens is 758 g/mol. The van der Waals surface area contributed by atoms with Gasteiger partial charge in [0.05, 0.1) is 45.4 Å². The first-order chi connectivity index (χ1) is 27.6. The van der Waals surface area contributed by atoms with E-state index in [-0.39, 0.29) is 38.3 Å². The summed E-state index contributed by atoms with van der Waals surface area (Å²) in [5.41, 5.74) is 4.43. The fourth-order valence-corrected chi connectivity index (χ4v) is 9.86. The number of nitrogens with zero attached hydrogens (tertiary/aromatic N) is 5. The van der Waals surface area contributed by atoms with Crippen molar-refractivity contribution in [3.8, 4) is 23.4 Å². The van der Waals surface area contributed by atoms with Gasteiger partial charge in [-0.15, -0.1) is 11.3 Å². The first-order valence-electron chi connectivity index (χ1n) is 19.0. The number of hydrogen-bond donors (Lipinski definition) is 0. The molecule has 0 saturated heterocycles. The summed E-state index contributed by atoms with van der Waals surface area (Å²) in [6, 6.07) is 30.4. The highest BCUT2D eigenvalue weighted by Crippen LogP contribution is 2.48. The lowest BCUT2D eigenvalue weighted by Gasteiger charge is -2.39. The molecule has 3 heterocycles. The second-order valence-corrected chi connectivity index (χ2v) is 16.5. The fourth-order valence-electron chi connectivity index (χ4n) is 6.99. The van der Waals surface area contributed by atoms with Gasteiger partial charge in [-0.25, -0.2) is 19.6 Å². The van der Waals surface area contributed by atoms with Crippen LogP contribution in [0.15, 0.2) is 91.3 Å². The largest absolute Gasteiger partial charge is 0.497 e. The Kier molecular flexibility index (Phi) is 14.1. The molecule has 0 aliphatic rings. The first-order valence-corrected chi connectivity index (χ1v) is 20.9. The molecule has 0 spiro atoms. The number of fused-ring (bicyclic) bond motifs is 3. The summed E-state index contributed by atoms with van der Waals surface area (Å²) >= 11 is 1.51. The Morgan fingerprint density at radius 1 is 0.825 bits per heavy atom. The third kappa shape index (κ3) is 9.37. The van der Waals surface area contributed by atoms with Gasteiger partial charge >= 0.3 is 0 Å². The van der Waals surface area contributed by atoms with E-state index in [1.807, 2.05) is 73.7 Å². The van der Waals surface area contributed by atoms with E-state index in [9.17, 15) is 5.26 Å². The Balaban J connectivity index is 1.44. The Morgan fingerprint density at radius 2 is 1.44 bits per heavy atom. The number of benzene rings is 3. The van der Waals surface area contributed by atoms with Crippen LogP contribution in [0, 0.1) is 25.2 Å². The van der Waals surface area contributed by atoms with Gasteiger partial charge in [-0.3, -0.25) is 0 Å². The van der Waals surface area contributed by atoms with E-state index >= 15 is 0 Å². The number of thiophene rings is 1. The molecule has 3 aromatic heterocycles. The molecule has 298 valence electrons. The molecule has 0 N–H and O–H groups in total. The molecule has 6 aromatic rings. The summed E-state index contributed by atoms with van der Waals surface area (Å²) in [4.78, 5) is 14.9. The number of hydrogen-bond acceptors (Lipinski definition) is 12. The van der Waals surface area contributed by atoms with Gasteiger partial charge in [0.15, 0.2) is 0 Å². The summed E-state index contributed by atoms with van der Waals surface area (Å²) in [6.45, 7) is 12.9. The van der Waals surface area contributed by atoms with Crippen LogP contribution in [0.3, 0.4) is 0 Å². The van der Waals surface area contributed by atoms with Crippen LogP contribution in [0.4, 0.5) is 0 Å². The topological polar surface area (TPSA) is 121 Å². The molecule has 57 heavy (non-hydrogen) atoms. The maximum atomic E-state index is 9.42. The highest BCUT2D eigenvalue weighted by atomic mass is 32.1. The van der Waals surface area contributed by atoms with Crippen molar-refractivity contribution in [2.45, 2.75) is 71.8 Å². The van der Waals surface area contributed by atoms with E-state index in [0.29, 0.717) is 5.88 Å². The minimum atomic E-state index is -1.67. The zero-order chi connectivity index (χ0) is 40.5. The molecule has 0 amide bonds. The Morgan fingerprint density at radius 3 is 2.02 bits per heavy atom. The highest BCUT2D eigenvalue weighted by Gasteiger charge is 2.40. The number of ether oxygens (including phenoxy) is 4. The number of rotatable bonds is 19. The van der Waals surface area contributed by atoms with Crippen LogP contribution in [-0.4, -0.2) is 71.9 Å². The predicted molar refractivity (Wildman–Crippen MR) is 226 cm³/mol. The monoisotopic (exact) mass is 807 g/mol. The summed E-state index contributed by atoms with van der Waals surface area (Å²) in [5, 5.41) is 10.4. The lowest BCUT2D eigenvalue weighted by molar-refractivity contribution is -0.0452. The van der Waals surface area contributed by atoms with Crippen molar-refractivity contribution in [2.24, 2.45) is 0 Å². The van der Waals surface area contributed by atoms with Gasteiger partial charge < -0.3 is 28.0 Å². The van der Waals surface area contributed by atoms with Crippen molar-refractivity contribution in [1.82, 2.24) is 19.6 Å². The Hall–Kier alpha value is -4.73. The van der Waals surface area contributed by atoms with Crippen LogP contribution in [0.25, 0.3) is 20.4 Å². The van der Waals surface area contributed by atoms with Crippen LogP contribution in [-0.2, 0) is 19.4 Å². The van der Waals surface area contributed by atoms with Crippen LogP contribution in [0.5, 0.6) is 17.4 Å². The van der Waals surface area contributed by atoms with Crippen LogP contribution >= 0.6 is 19.9 Å². The maximum absolute atomic E-state index is 9.42. The molecule has 13 heteroatoms. The molecular formula is C44H50N5O6PS. The zero-order valence-corrected chi connectivity index (χ0v) is 35.5. The second-order valence-electron chi connectivity index (χ2n) is 14.1. The van der Waals surface area contributed by atoms with Gasteiger partial charge in [0, 0.05) is 23.2 Å². The molecule has 0 aliphatic carbocycles. The molecule has 0 bridgehead atoms. The van der Waals surface area contributed by atoms with E-state index < -0.39 is 20.2 Å². The molecule has 2 atom stereocenters. The predicted octanol–water partition coefficient (Wildman–Crippen LogP) is 9.92. The van der Waals surface area contributed by atoms with Crippen molar-refractivity contribution in [3.63, 3.8) is 0 Å². The summed E-state index contributed by atoms with van der Waals surface area (Å²) in [5.74, 6) is 1.89. The van der Waals surface area contributed by atoms with Crippen LogP contribution in [0.2, 0.25) is 0 Å². The minimum Gasteiger partial charge on any atom is -0.497 e. The summed E-state index contributed by atoms with van der Waals surface area (Å²) in [6.07, 6.45) is 1.09. The average molecular weight is 808 g/mol. The van der Waals surface area contributed by atoms with Gasteiger partial charge in [0.25, 0.3) is 8.53 Å². The molecule has 11 nitrogen and oxygen atoms in total. The summed E-state index contributed by atoms with van der Waals surface area (Å²) < 4.78 is 41.5. The van der Waals surface area contributed by atoms with Crippen molar-refractivity contribution in [2.75, 3.05) is 34.0 Å². The minimum absolute atomic E-state index is 0.0758. The standard InChI is InChI=1S/C44H50N5O6PS/c1-29(2)49(30(3)4)56(54-24-12-23-45)55-38(26-52-42-41-40(46-28-47-42)39-31(5)25-32(6)48-43(39)57-41)27-53-44(33-13-10-9-11-14-33,34-15-19-36(50-7)20-16-34)35-17-21-37(51-8)22-18-35/h9-11,13-22,25,28-30,38H,12,24,26-27H2,1-8H3. The van der Waals surface area contributed by atoms with E-state index in [1.54, 1.807) is 14.2 Å². The zero-order valence-electron chi connectivity index (χ0n) is 33.8. The maximum Gasteiger partial charge on any atom is 0.259 e. The molecule has 0 fully saturated rings. The lowest BCUT2D eigenvalue weighted by Crippen LogP contribution is -2.39. The van der Waals surface area contributed by atoms with Gasteiger partial charge in [-0.2, -0.15) is 5.26 Å². The lowest BCUT2D eigenvalue weighted by atomic mass is 9.80. The number of aromatic nitrogens is 3. The number of nitriles is 1. The van der Waals surface area contributed by atoms with Gasteiger partial charge in [-0.05, 0) is 94.1 Å². The van der Waals surface area contributed by atoms with Gasteiger partial charge in [-0.1, -0.05) is 54.6 Å². The van der Waals surface area contributed by atoms with Gasteiger partial charge in [0.1, 0.15) is 45.7 Å². The third-order valence-corrected chi connectivity index (χ3v) is 12.7. The molecule has 0 aliphatic heterocycles. The number of aryl methyl sites for hydroxylation is 2. The second kappa shape index (κ2) is 19.1. The normalized spacial score (nSPS) is 13.0. The number of methoxy groups -OCH3 is 2. The Bertz CT molecular complexity index is 2210. The van der Waals surface area contributed by atoms with Crippen molar-refractivity contribution in [3.05, 3.63) is 119 Å². The van der Waals surface area contributed by atoms with E-state index in [4.69, 9.17) is 33.0 Å². The van der Waals surface area contributed by atoms with E-state index in [2.05, 4.69) is 73.5 Å². The molecule has 0 saturated carbocycles. The average Bonchev–Trinajstić information content (AvgIpc) is 3.60. The van der Waals surface area contributed by atoms with Crippen molar-refractivity contribution < 1.29 is 28.0 Å². The highest BCUT2D eigenvalue weighted by molar-refractivity contribution is 7.44. The molecule has 0 radical (unpaired) electrons. The van der Waals surface area contributed by atoms with E-state index in [0.717, 1.165) is 59.9 Å².